The van der Waals surface area contributed by atoms with Crippen LogP contribution in [0.3, 0.4) is 0 Å². The third-order valence-electron chi connectivity index (χ3n) is 3.13. The summed E-state index contributed by atoms with van der Waals surface area (Å²) < 4.78 is 10.6. The van der Waals surface area contributed by atoms with Crippen molar-refractivity contribution in [3.63, 3.8) is 0 Å². The molecule has 0 aliphatic carbocycles. The van der Waals surface area contributed by atoms with Gasteiger partial charge in [0, 0.05) is 6.54 Å². The number of esters is 1. The molecule has 1 aromatic carbocycles. The van der Waals surface area contributed by atoms with E-state index in [1.807, 2.05) is 19.9 Å². The van der Waals surface area contributed by atoms with Gasteiger partial charge in [0.15, 0.2) is 6.23 Å². The molecule has 5 heteroatoms. The zero-order valence-corrected chi connectivity index (χ0v) is 11.4. The summed E-state index contributed by atoms with van der Waals surface area (Å²) in [4.78, 5) is 18.1. The monoisotopic (exact) mass is 262 g/mol. The van der Waals surface area contributed by atoms with Crippen molar-refractivity contribution in [3.8, 4) is 5.75 Å². The maximum absolute atomic E-state index is 11.7. The molecule has 1 aliphatic heterocycles. The predicted molar refractivity (Wildman–Crippen MR) is 72.6 cm³/mol. The Morgan fingerprint density at radius 2 is 2.16 bits per heavy atom. The van der Waals surface area contributed by atoms with E-state index < -0.39 is 5.97 Å². The highest BCUT2D eigenvalue weighted by Gasteiger charge is 2.22. The molecule has 1 unspecified atom stereocenters. The molecule has 0 saturated heterocycles. The second-order valence-electron chi connectivity index (χ2n) is 4.33. The van der Waals surface area contributed by atoms with E-state index in [2.05, 4.69) is 9.89 Å². The number of nitrogens with zero attached hydrogens (tertiary/aromatic N) is 2. The Morgan fingerprint density at radius 1 is 1.42 bits per heavy atom. The molecule has 2 rings (SSSR count). The van der Waals surface area contributed by atoms with Crippen LogP contribution in [0.5, 0.6) is 5.75 Å². The van der Waals surface area contributed by atoms with E-state index in [1.54, 1.807) is 18.2 Å². The van der Waals surface area contributed by atoms with Crippen molar-refractivity contribution >= 4 is 11.8 Å². The lowest BCUT2D eigenvalue weighted by Crippen LogP contribution is -2.39. The van der Waals surface area contributed by atoms with Crippen LogP contribution in [0, 0.1) is 0 Å². The lowest BCUT2D eigenvalue weighted by Gasteiger charge is -2.27. The molecule has 1 heterocycles. The zero-order valence-electron chi connectivity index (χ0n) is 11.4. The van der Waals surface area contributed by atoms with E-state index in [0.29, 0.717) is 11.3 Å². The van der Waals surface area contributed by atoms with Crippen molar-refractivity contribution in [2.45, 2.75) is 20.1 Å². The average Bonchev–Trinajstić information content (AvgIpc) is 2.85. The highest BCUT2D eigenvalue weighted by Crippen LogP contribution is 2.21. The van der Waals surface area contributed by atoms with Gasteiger partial charge in [-0.3, -0.25) is 4.99 Å². The summed E-state index contributed by atoms with van der Waals surface area (Å²) in [6, 6.07) is 7.08. The Bertz CT molecular complexity index is 499. The molecular weight excluding hydrogens is 244 g/mol. The Morgan fingerprint density at radius 3 is 2.79 bits per heavy atom. The first kappa shape index (κ1) is 13.4. The highest BCUT2D eigenvalue weighted by atomic mass is 16.5. The van der Waals surface area contributed by atoms with Gasteiger partial charge in [0.2, 0.25) is 0 Å². The molecule has 102 valence electrons. The van der Waals surface area contributed by atoms with Gasteiger partial charge in [-0.25, -0.2) is 4.79 Å². The number of para-hydroxylation sites is 1. The number of amidine groups is 1. The summed E-state index contributed by atoms with van der Waals surface area (Å²) in [5.74, 6) is 1.10. The second-order valence-corrected chi connectivity index (χ2v) is 4.33. The Hall–Kier alpha value is -2.04. The van der Waals surface area contributed by atoms with Crippen LogP contribution in [0.25, 0.3) is 0 Å². The summed E-state index contributed by atoms with van der Waals surface area (Å²) in [7, 11) is 1.36. The molecule has 1 aromatic rings. The van der Waals surface area contributed by atoms with Crippen molar-refractivity contribution in [1.29, 1.82) is 0 Å². The van der Waals surface area contributed by atoms with E-state index >= 15 is 0 Å². The van der Waals surface area contributed by atoms with Crippen LogP contribution in [0.15, 0.2) is 29.3 Å². The lowest BCUT2D eigenvalue weighted by molar-refractivity contribution is 0.0580. The molecule has 0 amide bonds. The number of carbonyl (C=O) groups excluding carboxylic acids is 1. The Labute approximate surface area is 112 Å². The number of hydrogen-bond acceptors (Lipinski definition) is 5. The minimum atomic E-state index is -0.394. The minimum absolute atomic E-state index is 0.169. The number of carbonyl (C=O) groups is 1. The number of ether oxygens (including phenoxy) is 2. The van der Waals surface area contributed by atoms with Gasteiger partial charge in [0.25, 0.3) is 0 Å². The molecule has 5 nitrogen and oxygen atoms in total. The fraction of sp³-hybridized carbons (Fsp3) is 0.429. The number of aliphatic imine (C=N–C) groups is 1. The summed E-state index contributed by atoms with van der Waals surface area (Å²) >= 11 is 0. The predicted octanol–water partition coefficient (Wildman–Crippen LogP) is 1.93. The van der Waals surface area contributed by atoms with Gasteiger partial charge < -0.3 is 14.4 Å². The van der Waals surface area contributed by atoms with Crippen LogP contribution >= 0.6 is 0 Å². The molecule has 19 heavy (non-hydrogen) atoms. The number of hydrogen-bond donors (Lipinski definition) is 0. The van der Waals surface area contributed by atoms with E-state index in [0.717, 1.165) is 18.9 Å². The molecule has 0 fully saturated rings. The quantitative estimate of drug-likeness (QED) is 0.778. The van der Waals surface area contributed by atoms with Crippen molar-refractivity contribution in [3.05, 3.63) is 29.8 Å². The normalized spacial score (nSPS) is 15.9. The van der Waals surface area contributed by atoms with Gasteiger partial charge in [-0.2, -0.15) is 0 Å². The van der Waals surface area contributed by atoms with Gasteiger partial charge >= 0.3 is 5.97 Å². The average molecular weight is 262 g/mol. The maximum atomic E-state index is 11.7. The summed E-state index contributed by atoms with van der Waals surface area (Å²) in [6.07, 6.45) is -0.169. The van der Waals surface area contributed by atoms with Gasteiger partial charge in [0.1, 0.15) is 11.3 Å². The fourth-order valence-corrected chi connectivity index (χ4v) is 2.11. The SMILES string of the molecule is COC(=O)c1ccccc1OC(C)N1CCN=C1C. The maximum Gasteiger partial charge on any atom is 0.341 e. The van der Waals surface area contributed by atoms with Crippen LogP contribution < -0.4 is 4.74 Å². The van der Waals surface area contributed by atoms with Crippen molar-refractivity contribution in [2.24, 2.45) is 4.99 Å². The first-order valence-electron chi connectivity index (χ1n) is 6.25. The molecule has 1 atom stereocenters. The number of benzene rings is 1. The van der Waals surface area contributed by atoms with E-state index in [9.17, 15) is 4.79 Å². The molecular formula is C14H18N2O3. The van der Waals surface area contributed by atoms with Crippen LogP contribution in [-0.4, -0.2) is 43.1 Å². The second kappa shape index (κ2) is 5.73. The van der Waals surface area contributed by atoms with Crippen molar-refractivity contribution < 1.29 is 14.3 Å². The van der Waals surface area contributed by atoms with Crippen LogP contribution in [-0.2, 0) is 4.74 Å². The molecule has 0 radical (unpaired) electrons. The van der Waals surface area contributed by atoms with Gasteiger partial charge in [-0.05, 0) is 26.0 Å². The van der Waals surface area contributed by atoms with E-state index in [-0.39, 0.29) is 6.23 Å². The van der Waals surface area contributed by atoms with Crippen LogP contribution in [0.1, 0.15) is 24.2 Å². The Kier molecular flexibility index (Phi) is 4.04. The molecule has 0 spiro atoms. The zero-order chi connectivity index (χ0) is 13.8. The summed E-state index contributed by atoms with van der Waals surface area (Å²) in [5, 5.41) is 0. The third-order valence-corrected chi connectivity index (χ3v) is 3.13. The topological polar surface area (TPSA) is 51.1 Å². The molecule has 0 N–H and O–H groups in total. The fourth-order valence-electron chi connectivity index (χ4n) is 2.11. The first-order valence-corrected chi connectivity index (χ1v) is 6.25. The van der Waals surface area contributed by atoms with E-state index in [4.69, 9.17) is 9.47 Å². The molecule has 0 aromatic heterocycles. The standard InChI is InChI=1S/C14H18N2O3/c1-10-15-8-9-16(10)11(2)19-13-7-5-4-6-12(13)14(17)18-3/h4-7,11H,8-9H2,1-3H3. The van der Waals surface area contributed by atoms with Crippen LogP contribution in [0.4, 0.5) is 0 Å². The van der Waals surface area contributed by atoms with Gasteiger partial charge in [-0.15, -0.1) is 0 Å². The molecule has 1 aliphatic rings. The largest absolute Gasteiger partial charge is 0.470 e. The first-order chi connectivity index (χ1) is 9.13. The Balaban J connectivity index is 2.15. The van der Waals surface area contributed by atoms with E-state index in [1.165, 1.54) is 7.11 Å². The number of methoxy groups -OCH3 is 1. The molecule has 0 saturated carbocycles. The highest BCUT2D eigenvalue weighted by molar-refractivity contribution is 5.92. The summed E-state index contributed by atoms with van der Waals surface area (Å²) in [6.45, 7) is 5.53. The van der Waals surface area contributed by atoms with Crippen LogP contribution in [0.2, 0.25) is 0 Å². The lowest BCUT2D eigenvalue weighted by atomic mass is 10.2. The van der Waals surface area contributed by atoms with Gasteiger partial charge in [0.05, 0.1) is 19.5 Å². The minimum Gasteiger partial charge on any atom is -0.470 e. The smallest absolute Gasteiger partial charge is 0.341 e. The van der Waals surface area contributed by atoms with Crippen molar-refractivity contribution in [1.82, 2.24) is 4.90 Å². The third kappa shape index (κ3) is 2.86. The van der Waals surface area contributed by atoms with Gasteiger partial charge in [-0.1, -0.05) is 12.1 Å². The van der Waals surface area contributed by atoms with Crippen molar-refractivity contribution in [2.75, 3.05) is 20.2 Å². The molecule has 0 bridgehead atoms. The number of rotatable bonds is 4. The summed E-state index contributed by atoms with van der Waals surface area (Å²) in [5.41, 5.74) is 0.436.